The highest BCUT2D eigenvalue weighted by molar-refractivity contribution is 5.30. The summed E-state index contributed by atoms with van der Waals surface area (Å²) < 4.78 is 0. The monoisotopic (exact) mass is 296 g/mol. The molecule has 0 spiro atoms. The Bertz CT molecular complexity index is 577. The lowest BCUT2D eigenvalue weighted by atomic mass is 9.89. The summed E-state index contributed by atoms with van der Waals surface area (Å²) in [5, 5.41) is 9.60. The van der Waals surface area contributed by atoms with Crippen molar-refractivity contribution in [1.82, 2.24) is 9.88 Å². The molecule has 1 aliphatic heterocycles. The van der Waals surface area contributed by atoms with Gasteiger partial charge in [-0.25, -0.2) is 0 Å². The molecule has 1 fully saturated rings. The maximum absolute atomic E-state index is 9.60. The molecule has 116 valence electrons. The van der Waals surface area contributed by atoms with E-state index < -0.39 is 0 Å². The predicted molar refractivity (Wildman–Crippen MR) is 89.1 cm³/mol. The Labute approximate surface area is 132 Å². The SMILES string of the molecule is Oc1cccc(C2CCN(CCCc3cccnc3)CC2)c1. The number of phenols is 1. The van der Waals surface area contributed by atoms with Crippen LogP contribution in [0.1, 0.15) is 36.3 Å². The van der Waals surface area contributed by atoms with Crippen LogP contribution in [0.3, 0.4) is 0 Å². The van der Waals surface area contributed by atoms with Gasteiger partial charge in [-0.3, -0.25) is 4.98 Å². The van der Waals surface area contributed by atoms with Crippen molar-refractivity contribution in [3.63, 3.8) is 0 Å². The molecular weight excluding hydrogens is 272 g/mol. The van der Waals surface area contributed by atoms with Gasteiger partial charge in [0.15, 0.2) is 0 Å². The van der Waals surface area contributed by atoms with E-state index in [1.54, 1.807) is 6.07 Å². The highest BCUT2D eigenvalue weighted by atomic mass is 16.3. The Morgan fingerprint density at radius 2 is 2.00 bits per heavy atom. The van der Waals surface area contributed by atoms with Crippen molar-refractivity contribution in [2.45, 2.75) is 31.6 Å². The molecule has 0 atom stereocenters. The fourth-order valence-electron chi connectivity index (χ4n) is 3.32. The Hall–Kier alpha value is -1.87. The topological polar surface area (TPSA) is 36.4 Å². The summed E-state index contributed by atoms with van der Waals surface area (Å²) in [5.41, 5.74) is 2.62. The lowest BCUT2D eigenvalue weighted by molar-refractivity contribution is 0.210. The first-order valence-electron chi connectivity index (χ1n) is 8.21. The first-order valence-corrected chi connectivity index (χ1v) is 8.21. The molecule has 0 amide bonds. The van der Waals surface area contributed by atoms with E-state index in [0.717, 1.165) is 19.5 Å². The molecule has 0 radical (unpaired) electrons. The van der Waals surface area contributed by atoms with E-state index in [1.807, 2.05) is 30.6 Å². The van der Waals surface area contributed by atoms with E-state index in [9.17, 15) is 5.11 Å². The number of aromatic hydroxyl groups is 1. The van der Waals surface area contributed by atoms with Gasteiger partial charge in [0.25, 0.3) is 0 Å². The van der Waals surface area contributed by atoms with Crippen LogP contribution in [0.15, 0.2) is 48.8 Å². The zero-order chi connectivity index (χ0) is 15.2. The van der Waals surface area contributed by atoms with E-state index >= 15 is 0 Å². The minimum Gasteiger partial charge on any atom is -0.508 e. The van der Waals surface area contributed by atoms with Gasteiger partial charge in [-0.1, -0.05) is 18.2 Å². The molecule has 3 nitrogen and oxygen atoms in total. The van der Waals surface area contributed by atoms with Gasteiger partial charge in [0.1, 0.15) is 5.75 Å². The molecule has 2 heterocycles. The number of pyridine rings is 1. The molecule has 2 aromatic rings. The van der Waals surface area contributed by atoms with E-state index in [1.165, 1.54) is 36.9 Å². The first kappa shape index (κ1) is 15.0. The number of hydrogen-bond acceptors (Lipinski definition) is 3. The molecule has 0 aliphatic carbocycles. The number of hydrogen-bond donors (Lipinski definition) is 1. The second kappa shape index (κ2) is 7.41. The number of rotatable bonds is 5. The number of phenolic OH excluding ortho intramolecular Hbond substituents is 1. The molecule has 1 aliphatic rings. The average Bonchev–Trinajstić information content (AvgIpc) is 2.56. The van der Waals surface area contributed by atoms with Gasteiger partial charge in [0.05, 0.1) is 0 Å². The van der Waals surface area contributed by atoms with Crippen LogP contribution in [0.4, 0.5) is 0 Å². The van der Waals surface area contributed by atoms with Gasteiger partial charge in [-0.05, 0) is 80.6 Å². The Kier molecular flexibility index (Phi) is 5.07. The predicted octanol–water partition coefficient (Wildman–Crippen LogP) is 3.60. The summed E-state index contributed by atoms with van der Waals surface area (Å²) in [7, 11) is 0. The van der Waals surface area contributed by atoms with Crippen molar-refractivity contribution in [3.05, 3.63) is 59.9 Å². The van der Waals surface area contributed by atoms with Crippen molar-refractivity contribution >= 4 is 0 Å². The molecule has 1 N–H and O–H groups in total. The molecule has 0 unspecified atom stereocenters. The van der Waals surface area contributed by atoms with Crippen LogP contribution in [0.5, 0.6) is 5.75 Å². The number of aromatic nitrogens is 1. The van der Waals surface area contributed by atoms with Gasteiger partial charge in [0, 0.05) is 12.4 Å². The van der Waals surface area contributed by atoms with Gasteiger partial charge in [-0.15, -0.1) is 0 Å². The van der Waals surface area contributed by atoms with E-state index in [-0.39, 0.29) is 0 Å². The van der Waals surface area contributed by atoms with Crippen LogP contribution in [-0.2, 0) is 6.42 Å². The summed E-state index contributed by atoms with van der Waals surface area (Å²) >= 11 is 0. The normalized spacial score (nSPS) is 16.7. The maximum atomic E-state index is 9.60. The summed E-state index contributed by atoms with van der Waals surface area (Å²) in [4.78, 5) is 6.73. The van der Waals surface area contributed by atoms with Crippen LogP contribution in [0, 0.1) is 0 Å². The molecule has 0 bridgehead atoms. The quantitative estimate of drug-likeness (QED) is 0.916. The third kappa shape index (κ3) is 4.08. The van der Waals surface area contributed by atoms with Crippen LogP contribution < -0.4 is 0 Å². The van der Waals surface area contributed by atoms with Crippen molar-refractivity contribution in [2.75, 3.05) is 19.6 Å². The number of benzene rings is 1. The standard InChI is InChI=1S/C19H24N2O/c22-19-7-1-6-18(14-19)17-8-12-21(13-9-17)11-3-5-16-4-2-10-20-15-16/h1-2,4,6-7,10,14-15,17,22H,3,5,8-9,11-13H2. The lowest BCUT2D eigenvalue weighted by Crippen LogP contribution is -2.33. The Balaban J connectivity index is 1.42. The molecular formula is C19H24N2O. The summed E-state index contributed by atoms with van der Waals surface area (Å²) in [6, 6.07) is 11.9. The fraction of sp³-hybridized carbons (Fsp3) is 0.421. The largest absolute Gasteiger partial charge is 0.508 e. The van der Waals surface area contributed by atoms with Crippen LogP contribution in [-0.4, -0.2) is 34.6 Å². The summed E-state index contributed by atoms with van der Waals surface area (Å²) in [5.74, 6) is 0.984. The highest BCUT2D eigenvalue weighted by Gasteiger charge is 2.20. The minimum atomic E-state index is 0.386. The third-order valence-corrected chi connectivity index (χ3v) is 4.59. The van der Waals surface area contributed by atoms with Crippen molar-refractivity contribution < 1.29 is 5.11 Å². The second-order valence-corrected chi connectivity index (χ2v) is 6.18. The first-order chi connectivity index (χ1) is 10.8. The van der Waals surface area contributed by atoms with Crippen LogP contribution >= 0.6 is 0 Å². The highest BCUT2D eigenvalue weighted by Crippen LogP contribution is 2.29. The molecule has 0 saturated carbocycles. The Morgan fingerprint density at radius 3 is 2.73 bits per heavy atom. The molecule has 3 heteroatoms. The van der Waals surface area contributed by atoms with Gasteiger partial charge in [-0.2, -0.15) is 0 Å². The van der Waals surface area contributed by atoms with Gasteiger partial charge >= 0.3 is 0 Å². The van der Waals surface area contributed by atoms with Crippen molar-refractivity contribution in [3.8, 4) is 5.75 Å². The average molecular weight is 296 g/mol. The molecule has 1 aromatic heterocycles. The number of piperidine rings is 1. The van der Waals surface area contributed by atoms with E-state index in [4.69, 9.17) is 0 Å². The molecule has 22 heavy (non-hydrogen) atoms. The smallest absolute Gasteiger partial charge is 0.115 e. The van der Waals surface area contributed by atoms with Crippen LogP contribution in [0.2, 0.25) is 0 Å². The number of likely N-dealkylation sites (tertiary alicyclic amines) is 1. The zero-order valence-electron chi connectivity index (χ0n) is 13.0. The van der Waals surface area contributed by atoms with Gasteiger partial charge in [0.2, 0.25) is 0 Å². The van der Waals surface area contributed by atoms with E-state index in [2.05, 4.69) is 22.0 Å². The second-order valence-electron chi connectivity index (χ2n) is 6.18. The molecule has 3 rings (SSSR count). The zero-order valence-corrected chi connectivity index (χ0v) is 13.0. The van der Waals surface area contributed by atoms with Crippen LogP contribution in [0.25, 0.3) is 0 Å². The number of aryl methyl sites for hydroxylation is 1. The van der Waals surface area contributed by atoms with Crippen molar-refractivity contribution in [2.24, 2.45) is 0 Å². The summed E-state index contributed by atoms with van der Waals surface area (Å²) in [6.07, 6.45) is 8.49. The lowest BCUT2D eigenvalue weighted by Gasteiger charge is -2.32. The fourth-order valence-corrected chi connectivity index (χ4v) is 3.32. The maximum Gasteiger partial charge on any atom is 0.115 e. The van der Waals surface area contributed by atoms with Gasteiger partial charge < -0.3 is 10.0 Å². The minimum absolute atomic E-state index is 0.386. The van der Waals surface area contributed by atoms with Crippen molar-refractivity contribution in [1.29, 1.82) is 0 Å². The van der Waals surface area contributed by atoms with E-state index in [0.29, 0.717) is 11.7 Å². The third-order valence-electron chi connectivity index (χ3n) is 4.59. The Morgan fingerprint density at radius 1 is 1.14 bits per heavy atom. The molecule has 1 saturated heterocycles. The summed E-state index contributed by atoms with van der Waals surface area (Å²) in [6.45, 7) is 3.49. The molecule has 1 aromatic carbocycles. The number of nitrogens with zero attached hydrogens (tertiary/aromatic N) is 2.